The van der Waals surface area contributed by atoms with Crippen LogP contribution in [0.25, 0.3) is 0 Å². The average molecular weight is 274 g/mol. The number of anilines is 1. The lowest BCUT2D eigenvalue weighted by Crippen LogP contribution is -2.12. The van der Waals surface area contributed by atoms with Crippen molar-refractivity contribution < 1.29 is 14.1 Å². The molecule has 20 heavy (non-hydrogen) atoms. The van der Waals surface area contributed by atoms with Gasteiger partial charge in [0.05, 0.1) is 6.61 Å². The Morgan fingerprint density at radius 1 is 1.40 bits per heavy atom. The molecule has 0 fully saturated rings. The first-order valence-electron chi connectivity index (χ1n) is 6.52. The van der Waals surface area contributed by atoms with Crippen molar-refractivity contribution in [3.63, 3.8) is 0 Å². The fourth-order valence-corrected chi connectivity index (χ4v) is 1.60. The summed E-state index contributed by atoms with van der Waals surface area (Å²) in [5.41, 5.74) is 0.520. The van der Waals surface area contributed by atoms with E-state index in [4.69, 9.17) is 9.26 Å². The summed E-state index contributed by atoms with van der Waals surface area (Å²) in [6.07, 6.45) is 0. The number of carbonyl (C=O) groups excluding carboxylic acids is 1. The largest absolute Gasteiger partial charge is 0.493 e. The third kappa shape index (κ3) is 3.85. The van der Waals surface area contributed by atoms with Crippen molar-refractivity contribution in [1.82, 2.24) is 5.16 Å². The maximum absolute atomic E-state index is 12.1. The minimum atomic E-state index is -0.242. The molecule has 1 aromatic heterocycles. The molecule has 0 saturated carbocycles. The van der Waals surface area contributed by atoms with Gasteiger partial charge in [-0.2, -0.15) is 0 Å². The lowest BCUT2D eigenvalue weighted by atomic mass is 10.2. The zero-order chi connectivity index (χ0) is 14.5. The Morgan fingerprint density at radius 2 is 2.20 bits per heavy atom. The zero-order valence-corrected chi connectivity index (χ0v) is 11.8. The van der Waals surface area contributed by atoms with E-state index in [1.807, 2.05) is 6.07 Å². The molecule has 2 aromatic rings. The number of hydrogen-bond acceptors (Lipinski definition) is 4. The first kappa shape index (κ1) is 14.1. The van der Waals surface area contributed by atoms with Crippen LogP contribution >= 0.6 is 0 Å². The van der Waals surface area contributed by atoms with Crippen molar-refractivity contribution in [1.29, 1.82) is 0 Å². The van der Waals surface area contributed by atoms with Crippen LogP contribution in [0.15, 0.2) is 34.9 Å². The van der Waals surface area contributed by atoms with Crippen molar-refractivity contribution in [2.24, 2.45) is 5.92 Å². The molecule has 2 rings (SSSR count). The summed E-state index contributed by atoms with van der Waals surface area (Å²) in [6, 6.07) is 8.73. The molecular weight excluding hydrogens is 256 g/mol. The van der Waals surface area contributed by atoms with Gasteiger partial charge in [-0.3, -0.25) is 4.79 Å². The molecule has 1 heterocycles. The molecule has 0 radical (unpaired) electrons. The van der Waals surface area contributed by atoms with Crippen LogP contribution in [0.1, 0.15) is 30.0 Å². The van der Waals surface area contributed by atoms with Crippen molar-refractivity contribution in [3.8, 4) is 5.75 Å². The van der Waals surface area contributed by atoms with Gasteiger partial charge in [-0.05, 0) is 31.0 Å². The molecular formula is C15H18N2O3. The van der Waals surface area contributed by atoms with E-state index in [1.165, 1.54) is 0 Å². The van der Waals surface area contributed by atoms with Gasteiger partial charge in [-0.15, -0.1) is 0 Å². The monoisotopic (exact) mass is 274 g/mol. The Kier molecular flexibility index (Phi) is 4.40. The lowest BCUT2D eigenvalue weighted by molar-refractivity contribution is 0.102. The molecule has 0 aliphatic carbocycles. The zero-order valence-electron chi connectivity index (χ0n) is 11.8. The van der Waals surface area contributed by atoms with Gasteiger partial charge in [-0.1, -0.05) is 25.1 Å². The lowest BCUT2D eigenvalue weighted by Gasteiger charge is -2.09. The standard InChI is InChI=1S/C15H18N2O3/c1-10(2)9-19-13-6-4-5-12(8-13)15(18)16-14-7-11(3)20-17-14/h4-8,10H,9H2,1-3H3,(H,16,17,18). The van der Waals surface area contributed by atoms with Crippen LogP contribution in [0, 0.1) is 12.8 Å². The van der Waals surface area contributed by atoms with E-state index in [9.17, 15) is 4.79 Å². The number of amides is 1. The third-order valence-corrected chi connectivity index (χ3v) is 2.55. The van der Waals surface area contributed by atoms with E-state index in [0.717, 1.165) is 0 Å². The highest BCUT2D eigenvalue weighted by Gasteiger charge is 2.10. The summed E-state index contributed by atoms with van der Waals surface area (Å²) in [5.74, 6) is 1.93. The maximum Gasteiger partial charge on any atom is 0.257 e. The Morgan fingerprint density at radius 3 is 2.85 bits per heavy atom. The predicted molar refractivity (Wildman–Crippen MR) is 76.0 cm³/mol. The maximum atomic E-state index is 12.1. The number of rotatable bonds is 5. The molecule has 0 aliphatic rings. The molecule has 0 saturated heterocycles. The molecule has 0 bridgehead atoms. The summed E-state index contributed by atoms with van der Waals surface area (Å²) >= 11 is 0. The highest BCUT2D eigenvalue weighted by Crippen LogP contribution is 2.16. The second-order valence-electron chi connectivity index (χ2n) is 5.01. The summed E-state index contributed by atoms with van der Waals surface area (Å²) in [4.78, 5) is 12.1. The molecule has 0 unspecified atom stereocenters. The Balaban J connectivity index is 2.04. The molecule has 1 amide bonds. The minimum absolute atomic E-state index is 0.242. The number of nitrogens with one attached hydrogen (secondary N) is 1. The number of carbonyl (C=O) groups is 1. The van der Waals surface area contributed by atoms with Gasteiger partial charge in [0.1, 0.15) is 11.5 Å². The van der Waals surface area contributed by atoms with Gasteiger partial charge < -0.3 is 14.6 Å². The summed E-state index contributed by atoms with van der Waals surface area (Å²) in [7, 11) is 0. The quantitative estimate of drug-likeness (QED) is 0.908. The summed E-state index contributed by atoms with van der Waals surface area (Å²) in [6.45, 7) is 6.53. The first-order chi connectivity index (χ1) is 9.54. The van der Waals surface area contributed by atoms with Gasteiger partial charge in [0.25, 0.3) is 5.91 Å². The van der Waals surface area contributed by atoms with E-state index in [1.54, 1.807) is 31.2 Å². The highest BCUT2D eigenvalue weighted by atomic mass is 16.5. The molecule has 1 N–H and O–H groups in total. The van der Waals surface area contributed by atoms with Crippen molar-refractivity contribution in [2.75, 3.05) is 11.9 Å². The number of benzene rings is 1. The van der Waals surface area contributed by atoms with Gasteiger partial charge in [0.15, 0.2) is 5.82 Å². The predicted octanol–water partition coefficient (Wildman–Crippen LogP) is 3.27. The van der Waals surface area contributed by atoms with Gasteiger partial charge >= 0.3 is 0 Å². The number of aromatic nitrogens is 1. The van der Waals surface area contributed by atoms with E-state index in [-0.39, 0.29) is 5.91 Å². The van der Waals surface area contributed by atoms with Crippen LogP contribution in [0.3, 0.4) is 0 Å². The van der Waals surface area contributed by atoms with Crippen LogP contribution in [-0.4, -0.2) is 17.7 Å². The van der Waals surface area contributed by atoms with Gasteiger partial charge in [-0.25, -0.2) is 0 Å². The van der Waals surface area contributed by atoms with Crippen LogP contribution in [-0.2, 0) is 0 Å². The summed E-state index contributed by atoms with van der Waals surface area (Å²) in [5, 5.41) is 6.40. The number of nitrogens with zero attached hydrogens (tertiary/aromatic N) is 1. The Hall–Kier alpha value is -2.30. The molecule has 5 nitrogen and oxygen atoms in total. The number of ether oxygens (including phenoxy) is 1. The SMILES string of the molecule is Cc1cc(NC(=O)c2cccc(OCC(C)C)c2)no1. The van der Waals surface area contributed by atoms with Gasteiger partial charge in [0.2, 0.25) is 0 Å². The molecule has 106 valence electrons. The smallest absolute Gasteiger partial charge is 0.257 e. The second-order valence-corrected chi connectivity index (χ2v) is 5.01. The molecule has 1 aromatic carbocycles. The van der Waals surface area contributed by atoms with Crippen molar-refractivity contribution in [3.05, 3.63) is 41.7 Å². The van der Waals surface area contributed by atoms with E-state index < -0.39 is 0 Å². The Labute approximate surface area is 117 Å². The fraction of sp³-hybridized carbons (Fsp3) is 0.333. The number of aryl methyl sites for hydroxylation is 1. The first-order valence-corrected chi connectivity index (χ1v) is 6.52. The molecule has 0 aliphatic heterocycles. The van der Waals surface area contributed by atoms with E-state index in [0.29, 0.717) is 35.4 Å². The highest BCUT2D eigenvalue weighted by molar-refractivity contribution is 6.03. The normalized spacial score (nSPS) is 10.6. The van der Waals surface area contributed by atoms with Crippen LogP contribution in [0.4, 0.5) is 5.82 Å². The second kappa shape index (κ2) is 6.23. The average Bonchev–Trinajstić information content (AvgIpc) is 2.82. The third-order valence-electron chi connectivity index (χ3n) is 2.55. The molecule has 0 atom stereocenters. The van der Waals surface area contributed by atoms with E-state index >= 15 is 0 Å². The summed E-state index contributed by atoms with van der Waals surface area (Å²) < 4.78 is 10.5. The van der Waals surface area contributed by atoms with E-state index in [2.05, 4.69) is 24.3 Å². The minimum Gasteiger partial charge on any atom is -0.493 e. The van der Waals surface area contributed by atoms with Crippen molar-refractivity contribution in [2.45, 2.75) is 20.8 Å². The van der Waals surface area contributed by atoms with Gasteiger partial charge in [0, 0.05) is 11.6 Å². The topological polar surface area (TPSA) is 64.4 Å². The molecule has 0 spiro atoms. The number of hydrogen-bond donors (Lipinski definition) is 1. The van der Waals surface area contributed by atoms with Crippen molar-refractivity contribution >= 4 is 11.7 Å². The Bertz CT molecular complexity index is 590. The van der Waals surface area contributed by atoms with Crippen LogP contribution < -0.4 is 10.1 Å². The molecule has 5 heteroatoms. The van der Waals surface area contributed by atoms with Crippen LogP contribution in [0.2, 0.25) is 0 Å². The fourth-order valence-electron chi connectivity index (χ4n) is 1.60. The van der Waals surface area contributed by atoms with Crippen LogP contribution in [0.5, 0.6) is 5.75 Å².